The normalized spacial score (nSPS) is 25.0. The van der Waals surface area contributed by atoms with Gasteiger partial charge in [-0.25, -0.2) is 0 Å². The SMILES string of the molecule is CCCC1=C(C)C(=O)CC1O. The lowest BCUT2D eigenvalue weighted by atomic mass is 10.1. The van der Waals surface area contributed by atoms with Gasteiger partial charge in [0, 0.05) is 6.42 Å². The summed E-state index contributed by atoms with van der Waals surface area (Å²) < 4.78 is 0. The van der Waals surface area contributed by atoms with Crippen molar-refractivity contribution in [2.75, 3.05) is 0 Å². The Morgan fingerprint density at radius 1 is 1.64 bits per heavy atom. The van der Waals surface area contributed by atoms with Crippen LogP contribution in [0.15, 0.2) is 11.1 Å². The molecule has 0 aliphatic heterocycles. The van der Waals surface area contributed by atoms with E-state index in [2.05, 4.69) is 6.92 Å². The highest BCUT2D eigenvalue weighted by atomic mass is 16.3. The molecule has 1 atom stereocenters. The minimum Gasteiger partial charge on any atom is -0.388 e. The van der Waals surface area contributed by atoms with E-state index in [4.69, 9.17) is 0 Å². The molecule has 0 spiro atoms. The van der Waals surface area contributed by atoms with Gasteiger partial charge in [0.15, 0.2) is 5.78 Å². The molecule has 0 saturated heterocycles. The zero-order valence-corrected chi connectivity index (χ0v) is 7.05. The zero-order valence-electron chi connectivity index (χ0n) is 7.05. The number of hydrogen-bond donors (Lipinski definition) is 1. The molecule has 1 aliphatic carbocycles. The van der Waals surface area contributed by atoms with Crippen LogP contribution in [0.2, 0.25) is 0 Å². The minimum absolute atomic E-state index is 0.112. The molecule has 11 heavy (non-hydrogen) atoms. The fourth-order valence-corrected chi connectivity index (χ4v) is 1.50. The lowest BCUT2D eigenvalue weighted by molar-refractivity contribution is -0.115. The summed E-state index contributed by atoms with van der Waals surface area (Å²) in [6, 6.07) is 0. The summed E-state index contributed by atoms with van der Waals surface area (Å²) in [5, 5.41) is 9.38. The van der Waals surface area contributed by atoms with Crippen LogP contribution >= 0.6 is 0 Å². The predicted molar refractivity (Wildman–Crippen MR) is 43.2 cm³/mol. The Bertz CT molecular complexity index is 204. The van der Waals surface area contributed by atoms with Gasteiger partial charge in [0.2, 0.25) is 0 Å². The van der Waals surface area contributed by atoms with Gasteiger partial charge in [0.05, 0.1) is 6.10 Å². The van der Waals surface area contributed by atoms with E-state index in [1.807, 2.05) is 6.92 Å². The number of allylic oxidation sites excluding steroid dienone is 1. The van der Waals surface area contributed by atoms with Crippen molar-refractivity contribution in [3.05, 3.63) is 11.1 Å². The van der Waals surface area contributed by atoms with Crippen LogP contribution in [0.3, 0.4) is 0 Å². The van der Waals surface area contributed by atoms with Gasteiger partial charge in [-0.2, -0.15) is 0 Å². The van der Waals surface area contributed by atoms with Crippen LogP contribution in [-0.2, 0) is 4.79 Å². The molecular weight excluding hydrogens is 140 g/mol. The van der Waals surface area contributed by atoms with Crippen molar-refractivity contribution >= 4 is 5.78 Å². The first kappa shape index (κ1) is 8.47. The summed E-state index contributed by atoms with van der Waals surface area (Å²) in [6.45, 7) is 3.86. The molecule has 1 rings (SSSR count). The maximum absolute atomic E-state index is 11.1. The van der Waals surface area contributed by atoms with E-state index in [9.17, 15) is 9.90 Å². The molecule has 0 fully saturated rings. The van der Waals surface area contributed by atoms with Crippen molar-refractivity contribution in [2.45, 2.75) is 39.2 Å². The molecule has 2 heteroatoms. The number of carbonyl (C=O) groups is 1. The van der Waals surface area contributed by atoms with Crippen LogP contribution in [0.4, 0.5) is 0 Å². The molecule has 1 aliphatic rings. The average molecular weight is 154 g/mol. The first-order valence-corrected chi connectivity index (χ1v) is 4.07. The molecular formula is C9H14O2. The minimum atomic E-state index is -0.484. The fourth-order valence-electron chi connectivity index (χ4n) is 1.50. The standard InChI is InChI=1S/C9H14O2/c1-3-4-7-6(2)8(10)5-9(7)11/h9,11H,3-5H2,1-2H3. The van der Waals surface area contributed by atoms with Crippen LogP contribution in [0.25, 0.3) is 0 Å². The lowest BCUT2D eigenvalue weighted by Crippen LogP contribution is -2.05. The molecule has 0 aromatic carbocycles. The van der Waals surface area contributed by atoms with E-state index in [0.29, 0.717) is 6.42 Å². The molecule has 0 amide bonds. The van der Waals surface area contributed by atoms with Gasteiger partial charge in [0.1, 0.15) is 0 Å². The second-order valence-corrected chi connectivity index (χ2v) is 3.04. The Hall–Kier alpha value is -0.630. The number of Topliss-reactive ketones (excluding diaryl/α,β-unsaturated/α-hetero) is 1. The lowest BCUT2D eigenvalue weighted by Gasteiger charge is -2.05. The smallest absolute Gasteiger partial charge is 0.161 e. The van der Waals surface area contributed by atoms with Crippen molar-refractivity contribution in [3.8, 4) is 0 Å². The van der Waals surface area contributed by atoms with Crippen molar-refractivity contribution in [2.24, 2.45) is 0 Å². The first-order chi connectivity index (χ1) is 5.16. The van der Waals surface area contributed by atoms with E-state index < -0.39 is 6.10 Å². The average Bonchev–Trinajstić information content (AvgIpc) is 2.17. The topological polar surface area (TPSA) is 37.3 Å². The molecule has 2 nitrogen and oxygen atoms in total. The third-order valence-corrected chi connectivity index (χ3v) is 2.20. The number of aliphatic hydroxyl groups is 1. The molecule has 0 radical (unpaired) electrons. The maximum atomic E-state index is 11.1. The van der Waals surface area contributed by atoms with Gasteiger partial charge in [0.25, 0.3) is 0 Å². The van der Waals surface area contributed by atoms with Crippen LogP contribution in [0, 0.1) is 0 Å². The van der Waals surface area contributed by atoms with E-state index >= 15 is 0 Å². The third-order valence-electron chi connectivity index (χ3n) is 2.20. The molecule has 0 aromatic rings. The second kappa shape index (κ2) is 3.18. The summed E-state index contributed by atoms with van der Waals surface area (Å²) >= 11 is 0. The molecule has 1 unspecified atom stereocenters. The number of hydrogen-bond acceptors (Lipinski definition) is 2. The van der Waals surface area contributed by atoms with Gasteiger partial charge >= 0.3 is 0 Å². The van der Waals surface area contributed by atoms with Gasteiger partial charge < -0.3 is 5.11 Å². The molecule has 0 aromatic heterocycles. The summed E-state index contributed by atoms with van der Waals surface area (Å²) in [4.78, 5) is 11.1. The Morgan fingerprint density at radius 3 is 2.64 bits per heavy atom. The van der Waals surface area contributed by atoms with Crippen LogP contribution in [0.5, 0.6) is 0 Å². The van der Waals surface area contributed by atoms with Gasteiger partial charge in [-0.3, -0.25) is 4.79 Å². The van der Waals surface area contributed by atoms with Gasteiger partial charge in [-0.05, 0) is 24.5 Å². The Kier molecular flexibility index (Phi) is 2.45. The number of rotatable bonds is 2. The second-order valence-electron chi connectivity index (χ2n) is 3.04. The third kappa shape index (κ3) is 1.51. The summed E-state index contributed by atoms with van der Waals surface area (Å²) in [5.74, 6) is 0.112. The zero-order chi connectivity index (χ0) is 8.43. The van der Waals surface area contributed by atoms with Crippen molar-refractivity contribution in [3.63, 3.8) is 0 Å². The highest BCUT2D eigenvalue weighted by Crippen LogP contribution is 2.26. The van der Waals surface area contributed by atoms with Crippen molar-refractivity contribution in [1.29, 1.82) is 0 Å². The quantitative estimate of drug-likeness (QED) is 0.653. The number of aliphatic hydroxyl groups excluding tert-OH is 1. The Balaban J connectivity index is 2.79. The molecule has 0 saturated carbocycles. The highest BCUT2D eigenvalue weighted by molar-refractivity contribution is 5.99. The summed E-state index contributed by atoms with van der Waals surface area (Å²) in [6.07, 6.45) is 1.68. The van der Waals surface area contributed by atoms with E-state index in [0.717, 1.165) is 24.0 Å². The van der Waals surface area contributed by atoms with E-state index in [-0.39, 0.29) is 5.78 Å². The monoisotopic (exact) mass is 154 g/mol. The van der Waals surface area contributed by atoms with Crippen LogP contribution < -0.4 is 0 Å². The first-order valence-electron chi connectivity index (χ1n) is 4.07. The Morgan fingerprint density at radius 2 is 2.27 bits per heavy atom. The molecule has 1 N–H and O–H groups in total. The number of carbonyl (C=O) groups excluding carboxylic acids is 1. The van der Waals surface area contributed by atoms with Crippen LogP contribution in [-0.4, -0.2) is 17.0 Å². The van der Waals surface area contributed by atoms with Gasteiger partial charge in [-0.15, -0.1) is 0 Å². The predicted octanol–water partition coefficient (Wildman–Crippen LogP) is 1.44. The van der Waals surface area contributed by atoms with E-state index in [1.165, 1.54) is 0 Å². The van der Waals surface area contributed by atoms with Crippen molar-refractivity contribution < 1.29 is 9.90 Å². The van der Waals surface area contributed by atoms with E-state index in [1.54, 1.807) is 0 Å². The molecule has 0 heterocycles. The summed E-state index contributed by atoms with van der Waals surface area (Å²) in [5.41, 5.74) is 1.75. The molecule has 62 valence electrons. The number of ketones is 1. The largest absolute Gasteiger partial charge is 0.388 e. The van der Waals surface area contributed by atoms with Crippen molar-refractivity contribution in [1.82, 2.24) is 0 Å². The summed E-state index contributed by atoms with van der Waals surface area (Å²) in [7, 11) is 0. The van der Waals surface area contributed by atoms with Crippen LogP contribution in [0.1, 0.15) is 33.1 Å². The fraction of sp³-hybridized carbons (Fsp3) is 0.667. The van der Waals surface area contributed by atoms with Gasteiger partial charge in [-0.1, -0.05) is 13.3 Å². The Labute approximate surface area is 66.9 Å². The highest BCUT2D eigenvalue weighted by Gasteiger charge is 2.26. The molecule has 0 bridgehead atoms. The maximum Gasteiger partial charge on any atom is 0.161 e.